The third-order valence-corrected chi connectivity index (χ3v) is 8.67. The normalized spacial score (nSPS) is 16.3. The number of nitrogens with zero attached hydrogens (tertiary/aromatic N) is 1. The van der Waals surface area contributed by atoms with Crippen LogP contribution in [0.5, 0.6) is 5.75 Å². The second-order valence-electron chi connectivity index (χ2n) is 9.08. The monoisotopic (exact) mass is 479 g/mol. The van der Waals surface area contributed by atoms with Crippen molar-refractivity contribution in [3.63, 3.8) is 0 Å². The van der Waals surface area contributed by atoms with Gasteiger partial charge >= 0.3 is 0 Å². The number of thiazole rings is 1. The third kappa shape index (κ3) is 5.22. The molecule has 0 saturated heterocycles. The molecule has 0 fully saturated rings. The van der Waals surface area contributed by atoms with Crippen molar-refractivity contribution in [1.82, 2.24) is 9.71 Å². The fourth-order valence-electron chi connectivity index (χ4n) is 4.15. The predicted molar refractivity (Wildman–Crippen MR) is 127 cm³/mol. The van der Waals surface area contributed by atoms with Crippen LogP contribution in [0.2, 0.25) is 0 Å². The van der Waals surface area contributed by atoms with E-state index in [9.17, 15) is 13.2 Å². The van der Waals surface area contributed by atoms with Gasteiger partial charge in [-0.25, -0.2) is 18.1 Å². The fourth-order valence-corrected chi connectivity index (χ4v) is 6.43. The number of aromatic nitrogens is 1. The van der Waals surface area contributed by atoms with E-state index in [0.717, 1.165) is 40.8 Å². The summed E-state index contributed by atoms with van der Waals surface area (Å²) in [7, 11) is -3.67. The minimum atomic E-state index is -3.67. The second kappa shape index (κ2) is 9.59. The molecule has 0 aliphatic carbocycles. The van der Waals surface area contributed by atoms with Crippen LogP contribution in [-0.2, 0) is 16.4 Å². The van der Waals surface area contributed by atoms with E-state index >= 15 is 0 Å². The van der Waals surface area contributed by atoms with E-state index in [4.69, 9.17) is 10.5 Å². The van der Waals surface area contributed by atoms with E-state index in [0.29, 0.717) is 35.7 Å². The molecule has 0 radical (unpaired) electrons. The summed E-state index contributed by atoms with van der Waals surface area (Å²) in [5, 5.41) is 2.16. The summed E-state index contributed by atoms with van der Waals surface area (Å²) < 4.78 is 35.3. The molecule has 176 valence electrons. The number of rotatable bonds is 9. The number of hydrogen-bond acceptors (Lipinski definition) is 7. The molecule has 9 heteroatoms. The van der Waals surface area contributed by atoms with E-state index < -0.39 is 16.1 Å². The predicted octanol–water partition coefficient (Wildman–Crippen LogP) is 3.83. The lowest BCUT2D eigenvalue weighted by atomic mass is 9.88. The summed E-state index contributed by atoms with van der Waals surface area (Å²) >= 11 is 1.28. The second-order valence-corrected chi connectivity index (χ2v) is 11.7. The van der Waals surface area contributed by atoms with Gasteiger partial charge in [-0.1, -0.05) is 6.42 Å². The quantitative estimate of drug-likeness (QED) is 0.418. The van der Waals surface area contributed by atoms with Crippen molar-refractivity contribution >= 4 is 27.1 Å². The number of nitrogens with two attached hydrogens (primary N) is 1. The number of carbonyl (C=O) groups excluding carboxylic acids is 1. The van der Waals surface area contributed by atoms with Gasteiger partial charge in [-0.05, 0) is 82.6 Å². The lowest BCUT2D eigenvalue weighted by Crippen LogP contribution is -2.34. The molecule has 0 bridgehead atoms. The SMILES string of the molecule is Cc1c(C)c(S(=O)(=O)NCCCCC(N)C(=O)c2nccs2)c(C)c2c1OC(C)(C)CC2. The van der Waals surface area contributed by atoms with E-state index in [1.54, 1.807) is 11.6 Å². The van der Waals surface area contributed by atoms with Crippen molar-refractivity contribution < 1.29 is 17.9 Å². The molecule has 32 heavy (non-hydrogen) atoms. The molecule has 1 aliphatic heterocycles. The zero-order valence-corrected chi connectivity index (χ0v) is 21.1. The molecule has 1 aromatic carbocycles. The number of Topliss-reactive ketones (excluding diaryl/α,β-unsaturated/α-hetero) is 1. The maximum atomic E-state index is 13.2. The Hall–Kier alpha value is -1.81. The van der Waals surface area contributed by atoms with Crippen molar-refractivity contribution in [2.24, 2.45) is 5.73 Å². The van der Waals surface area contributed by atoms with Crippen LogP contribution in [0, 0.1) is 20.8 Å². The summed E-state index contributed by atoms with van der Waals surface area (Å²) in [6, 6.07) is -0.616. The van der Waals surface area contributed by atoms with Crippen molar-refractivity contribution in [2.75, 3.05) is 6.54 Å². The number of nitrogens with one attached hydrogen (secondary N) is 1. The van der Waals surface area contributed by atoms with E-state index in [1.165, 1.54) is 11.3 Å². The van der Waals surface area contributed by atoms with E-state index in [2.05, 4.69) is 23.6 Å². The molecule has 0 saturated carbocycles. The Kier molecular flexibility index (Phi) is 7.44. The van der Waals surface area contributed by atoms with Gasteiger partial charge in [0, 0.05) is 18.1 Å². The molecule has 2 heterocycles. The number of benzene rings is 1. The van der Waals surface area contributed by atoms with Crippen molar-refractivity contribution in [1.29, 1.82) is 0 Å². The van der Waals surface area contributed by atoms with Gasteiger partial charge in [0.15, 0.2) is 5.01 Å². The first kappa shape index (κ1) is 24.8. The van der Waals surface area contributed by atoms with Gasteiger partial charge in [0.2, 0.25) is 15.8 Å². The van der Waals surface area contributed by atoms with Gasteiger partial charge in [-0.2, -0.15) is 0 Å². The Balaban J connectivity index is 1.63. The molecule has 3 N–H and O–H groups in total. The Morgan fingerprint density at radius 2 is 1.97 bits per heavy atom. The Morgan fingerprint density at radius 1 is 1.25 bits per heavy atom. The standard InChI is InChI=1S/C23H33N3O4S2/c1-14-15(2)21(16(3)17-9-10-23(4,5)30-20(14)17)32(28,29)26-11-7-6-8-18(24)19(27)22-25-12-13-31-22/h12-13,18,26H,6-11,24H2,1-5H3. The van der Waals surface area contributed by atoms with E-state index in [-0.39, 0.29) is 11.4 Å². The third-order valence-electron chi connectivity index (χ3n) is 6.15. The minimum absolute atomic E-state index is 0.165. The first-order valence-corrected chi connectivity index (χ1v) is 13.3. The highest BCUT2D eigenvalue weighted by molar-refractivity contribution is 7.89. The lowest BCUT2D eigenvalue weighted by molar-refractivity contribution is 0.0831. The highest BCUT2D eigenvalue weighted by Crippen LogP contribution is 2.42. The minimum Gasteiger partial charge on any atom is -0.487 e. The zero-order valence-electron chi connectivity index (χ0n) is 19.4. The highest BCUT2D eigenvalue weighted by atomic mass is 32.2. The molecule has 1 unspecified atom stereocenters. The van der Waals surface area contributed by atoms with Crippen LogP contribution in [0.25, 0.3) is 0 Å². The maximum Gasteiger partial charge on any atom is 0.241 e. The first-order valence-electron chi connectivity index (χ1n) is 10.9. The molecule has 2 aromatic rings. The van der Waals surface area contributed by atoms with Crippen LogP contribution in [0.3, 0.4) is 0 Å². The van der Waals surface area contributed by atoms with Crippen LogP contribution in [0.1, 0.15) is 71.6 Å². The summed E-state index contributed by atoms with van der Waals surface area (Å²) in [6.07, 6.45) is 4.95. The Labute approximate surface area is 194 Å². The smallest absolute Gasteiger partial charge is 0.241 e. The fraction of sp³-hybridized carbons (Fsp3) is 0.565. The Morgan fingerprint density at radius 3 is 2.62 bits per heavy atom. The number of unbranched alkanes of at least 4 members (excludes halogenated alkanes) is 1. The number of fused-ring (bicyclic) bond motifs is 1. The molecule has 7 nitrogen and oxygen atoms in total. The number of hydrogen-bond donors (Lipinski definition) is 2. The zero-order chi connectivity index (χ0) is 23.7. The average molecular weight is 480 g/mol. The van der Waals surface area contributed by atoms with Gasteiger partial charge in [0.05, 0.1) is 10.9 Å². The van der Waals surface area contributed by atoms with E-state index in [1.807, 2.05) is 20.8 Å². The van der Waals surface area contributed by atoms with Crippen LogP contribution in [-0.4, -0.2) is 37.4 Å². The van der Waals surface area contributed by atoms with Crippen molar-refractivity contribution in [3.8, 4) is 5.75 Å². The number of ketones is 1. The average Bonchev–Trinajstić information content (AvgIpc) is 3.25. The summed E-state index contributed by atoms with van der Waals surface area (Å²) in [6.45, 7) is 10.0. The lowest BCUT2D eigenvalue weighted by Gasteiger charge is -2.35. The molecule has 1 atom stereocenters. The van der Waals surface area contributed by atoms with Crippen LogP contribution < -0.4 is 15.2 Å². The number of carbonyl (C=O) groups is 1. The molecule has 1 aromatic heterocycles. The summed E-state index contributed by atoms with van der Waals surface area (Å²) in [4.78, 5) is 16.5. The largest absolute Gasteiger partial charge is 0.487 e. The van der Waals surface area contributed by atoms with Crippen LogP contribution in [0.4, 0.5) is 0 Å². The van der Waals surface area contributed by atoms with Crippen molar-refractivity contribution in [3.05, 3.63) is 38.8 Å². The maximum absolute atomic E-state index is 13.2. The molecule has 3 rings (SSSR count). The Bertz CT molecular complexity index is 1090. The molecule has 0 spiro atoms. The highest BCUT2D eigenvalue weighted by Gasteiger charge is 2.33. The first-order chi connectivity index (χ1) is 14.9. The molecule has 0 amide bonds. The van der Waals surface area contributed by atoms with Crippen LogP contribution in [0.15, 0.2) is 16.5 Å². The number of sulfonamides is 1. The van der Waals surface area contributed by atoms with Gasteiger partial charge < -0.3 is 10.5 Å². The summed E-state index contributed by atoms with van der Waals surface area (Å²) in [5.41, 5.74) is 9.08. The molecular formula is C23H33N3O4S2. The topological polar surface area (TPSA) is 111 Å². The summed E-state index contributed by atoms with van der Waals surface area (Å²) in [5.74, 6) is 0.663. The van der Waals surface area contributed by atoms with Gasteiger partial charge in [0.25, 0.3) is 0 Å². The van der Waals surface area contributed by atoms with Gasteiger partial charge in [-0.15, -0.1) is 11.3 Å². The number of ether oxygens (including phenoxy) is 1. The molecule has 1 aliphatic rings. The van der Waals surface area contributed by atoms with Crippen LogP contribution >= 0.6 is 11.3 Å². The van der Waals surface area contributed by atoms with Gasteiger partial charge in [0.1, 0.15) is 11.4 Å². The van der Waals surface area contributed by atoms with Gasteiger partial charge in [-0.3, -0.25) is 4.79 Å². The van der Waals surface area contributed by atoms with Crippen molar-refractivity contribution in [2.45, 2.75) is 83.3 Å². The molecular weight excluding hydrogens is 446 g/mol.